The van der Waals surface area contributed by atoms with E-state index in [1.165, 1.54) is 23.9 Å². The third-order valence-electron chi connectivity index (χ3n) is 4.51. The van der Waals surface area contributed by atoms with Crippen LogP contribution >= 0.6 is 23.1 Å². The Kier molecular flexibility index (Phi) is 7.93. The zero-order valence-corrected chi connectivity index (χ0v) is 18.6. The number of hydrogen-bond acceptors (Lipinski definition) is 5. The molecule has 0 radical (unpaired) electrons. The van der Waals surface area contributed by atoms with Gasteiger partial charge in [-0.15, -0.1) is 23.1 Å². The van der Waals surface area contributed by atoms with E-state index in [9.17, 15) is 27.9 Å². The Balaban J connectivity index is 1.92. The molecule has 5 nitrogen and oxygen atoms in total. The molecule has 0 aliphatic rings. The van der Waals surface area contributed by atoms with Gasteiger partial charge in [0.1, 0.15) is 9.88 Å². The van der Waals surface area contributed by atoms with Crippen molar-refractivity contribution in [3.8, 4) is 0 Å². The van der Waals surface area contributed by atoms with Crippen molar-refractivity contribution in [1.82, 2.24) is 4.98 Å². The van der Waals surface area contributed by atoms with Crippen molar-refractivity contribution >= 4 is 47.2 Å². The van der Waals surface area contributed by atoms with Crippen LogP contribution in [0.3, 0.4) is 0 Å². The van der Waals surface area contributed by atoms with E-state index in [1.807, 2.05) is 0 Å². The molecule has 3 rings (SSSR count). The van der Waals surface area contributed by atoms with E-state index in [0.29, 0.717) is 22.5 Å². The third kappa shape index (κ3) is 6.69. The second-order valence-corrected chi connectivity index (χ2v) is 9.13. The first kappa shape index (κ1) is 24.5. The van der Waals surface area contributed by atoms with Gasteiger partial charge in [-0.2, -0.15) is 13.2 Å². The number of aliphatic carboxylic acids is 1. The molecule has 1 atom stereocenters. The van der Waals surface area contributed by atoms with Crippen LogP contribution < -0.4 is 0 Å². The molecule has 0 amide bonds. The van der Waals surface area contributed by atoms with Crippen LogP contribution in [0.4, 0.5) is 13.2 Å². The van der Waals surface area contributed by atoms with Crippen LogP contribution in [0.5, 0.6) is 0 Å². The maximum atomic E-state index is 12.8. The lowest BCUT2D eigenvalue weighted by atomic mass is 9.98. The summed E-state index contributed by atoms with van der Waals surface area (Å²) in [6.45, 7) is 0. The average Bonchev–Trinajstić information content (AvgIpc) is 3.25. The molecule has 0 bridgehead atoms. The minimum Gasteiger partial charge on any atom is -0.481 e. The lowest BCUT2D eigenvalue weighted by molar-refractivity contribution is -0.136. The predicted molar refractivity (Wildman–Crippen MR) is 122 cm³/mol. The fraction of sp³-hybridized carbons (Fsp3) is 0.174. The summed E-state index contributed by atoms with van der Waals surface area (Å²) >= 11 is 1.85. The molecule has 1 unspecified atom stereocenters. The van der Waals surface area contributed by atoms with E-state index >= 15 is 0 Å². The number of aromatic carboxylic acids is 1. The molecule has 0 saturated heterocycles. The number of halogens is 3. The minimum absolute atomic E-state index is 0.0818. The minimum atomic E-state index is -4.44. The molecule has 0 aliphatic carbocycles. The van der Waals surface area contributed by atoms with Gasteiger partial charge < -0.3 is 10.2 Å². The molecule has 0 fully saturated rings. The Morgan fingerprint density at radius 2 is 1.85 bits per heavy atom. The summed E-state index contributed by atoms with van der Waals surface area (Å²) in [6, 6.07) is 13.6. The van der Waals surface area contributed by atoms with Gasteiger partial charge in [-0.25, -0.2) is 9.78 Å². The lowest BCUT2D eigenvalue weighted by Crippen LogP contribution is -2.08. The first-order chi connectivity index (χ1) is 15.6. The number of nitrogens with zero attached hydrogens (tertiary/aromatic N) is 1. The molecule has 10 heteroatoms. The molecule has 2 aromatic carbocycles. The van der Waals surface area contributed by atoms with E-state index in [4.69, 9.17) is 5.11 Å². The van der Waals surface area contributed by atoms with Crippen molar-refractivity contribution in [2.45, 2.75) is 17.8 Å². The lowest BCUT2D eigenvalue weighted by Gasteiger charge is -2.20. The zero-order valence-electron chi connectivity index (χ0n) is 17.0. The van der Waals surface area contributed by atoms with E-state index in [-0.39, 0.29) is 22.7 Å². The summed E-state index contributed by atoms with van der Waals surface area (Å²) in [5.41, 5.74) is 2.09. The maximum absolute atomic E-state index is 12.8. The number of carbonyl (C=O) groups is 2. The summed E-state index contributed by atoms with van der Waals surface area (Å²) in [4.78, 5) is 25.7. The molecular formula is C23H18F3NO4S2. The molecule has 33 heavy (non-hydrogen) atoms. The van der Waals surface area contributed by atoms with Gasteiger partial charge >= 0.3 is 18.1 Å². The molecule has 0 saturated carbocycles. The number of rotatable bonds is 9. The zero-order chi connectivity index (χ0) is 24.0. The van der Waals surface area contributed by atoms with Crippen molar-refractivity contribution < 1.29 is 33.0 Å². The summed E-state index contributed by atoms with van der Waals surface area (Å²) in [5.74, 6) is -1.77. The highest BCUT2D eigenvalue weighted by Gasteiger charge is 2.33. The molecular weight excluding hydrogens is 475 g/mol. The number of thioether (sulfide) groups is 1. The highest BCUT2D eigenvalue weighted by Crippen LogP contribution is 2.38. The van der Waals surface area contributed by atoms with Crippen LogP contribution in [0, 0.1) is 0 Å². The summed E-state index contributed by atoms with van der Waals surface area (Å²) < 4.78 is 38.3. The fourth-order valence-electron chi connectivity index (χ4n) is 3.04. The summed E-state index contributed by atoms with van der Waals surface area (Å²) in [6.07, 6.45) is -0.622. The largest absolute Gasteiger partial charge is 0.481 e. The van der Waals surface area contributed by atoms with Crippen LogP contribution in [0.2, 0.25) is 0 Å². The standard InChI is InChI=1S/C23H18F3NO4S2/c24-23(25,26)18-13-27-19(33-18)9-8-14-4-3-5-15(12-14)21(32-11-10-20(28)29)16-6-1-2-7-17(16)22(30)31/h1-9,12-13,21H,10-11H2,(H,28,29)(H,30,31)/b9-8+. The highest BCUT2D eigenvalue weighted by molar-refractivity contribution is 7.99. The number of hydrogen-bond donors (Lipinski definition) is 2. The monoisotopic (exact) mass is 493 g/mol. The average molecular weight is 494 g/mol. The summed E-state index contributed by atoms with van der Waals surface area (Å²) in [5, 5.41) is 18.4. The molecule has 3 aromatic rings. The van der Waals surface area contributed by atoms with Crippen molar-refractivity contribution in [1.29, 1.82) is 0 Å². The number of alkyl halides is 3. The second-order valence-electron chi connectivity index (χ2n) is 6.85. The van der Waals surface area contributed by atoms with E-state index in [1.54, 1.807) is 48.5 Å². The van der Waals surface area contributed by atoms with Gasteiger partial charge in [0, 0.05) is 5.75 Å². The van der Waals surface area contributed by atoms with Crippen LogP contribution in [0.1, 0.15) is 48.6 Å². The fourth-order valence-corrected chi connectivity index (χ4v) is 4.98. The number of benzene rings is 2. The Morgan fingerprint density at radius 1 is 1.09 bits per heavy atom. The molecule has 1 heterocycles. The van der Waals surface area contributed by atoms with E-state index in [0.717, 1.165) is 11.8 Å². The number of aromatic nitrogens is 1. The van der Waals surface area contributed by atoms with Gasteiger partial charge in [0.2, 0.25) is 0 Å². The Morgan fingerprint density at radius 3 is 2.52 bits per heavy atom. The van der Waals surface area contributed by atoms with Gasteiger partial charge in [0.05, 0.1) is 23.4 Å². The van der Waals surface area contributed by atoms with Crippen LogP contribution in [0.25, 0.3) is 12.2 Å². The quantitative estimate of drug-likeness (QED) is 0.362. The molecule has 1 aromatic heterocycles. The van der Waals surface area contributed by atoms with Crippen molar-refractivity contribution in [2.75, 3.05) is 5.75 Å². The number of carboxylic acids is 2. The summed E-state index contributed by atoms with van der Waals surface area (Å²) in [7, 11) is 0. The first-order valence-electron chi connectivity index (χ1n) is 9.62. The maximum Gasteiger partial charge on any atom is 0.427 e. The van der Waals surface area contributed by atoms with Crippen molar-refractivity contribution in [3.05, 3.63) is 86.9 Å². The second kappa shape index (κ2) is 10.7. The van der Waals surface area contributed by atoms with Gasteiger partial charge in [-0.05, 0) is 28.8 Å². The number of thiazole rings is 1. The Labute approximate surface area is 195 Å². The molecule has 0 aliphatic heterocycles. The van der Waals surface area contributed by atoms with Crippen LogP contribution in [-0.4, -0.2) is 32.9 Å². The molecule has 172 valence electrons. The van der Waals surface area contributed by atoms with Crippen molar-refractivity contribution in [3.63, 3.8) is 0 Å². The van der Waals surface area contributed by atoms with Crippen LogP contribution in [0.15, 0.2) is 54.7 Å². The first-order valence-corrected chi connectivity index (χ1v) is 11.5. The van der Waals surface area contributed by atoms with Gasteiger partial charge in [-0.3, -0.25) is 4.79 Å². The van der Waals surface area contributed by atoms with Crippen LogP contribution in [-0.2, 0) is 11.0 Å². The van der Waals surface area contributed by atoms with Crippen molar-refractivity contribution in [2.24, 2.45) is 0 Å². The normalized spacial score (nSPS) is 12.7. The topological polar surface area (TPSA) is 87.5 Å². The number of carboxylic acid groups (broad SMARTS) is 2. The van der Waals surface area contributed by atoms with E-state index in [2.05, 4.69) is 4.98 Å². The Bertz CT molecular complexity index is 1170. The Hall–Kier alpha value is -3.11. The SMILES string of the molecule is O=C(O)CCSC(c1cccc(/C=C/c2ncc(C(F)(F)F)s2)c1)c1ccccc1C(=O)O. The molecule has 0 spiro atoms. The third-order valence-corrected chi connectivity index (χ3v) is 6.82. The predicted octanol–water partition coefficient (Wildman–Crippen LogP) is 6.33. The van der Waals surface area contributed by atoms with Gasteiger partial charge in [0.25, 0.3) is 0 Å². The van der Waals surface area contributed by atoms with Gasteiger partial charge in [-0.1, -0.05) is 48.5 Å². The van der Waals surface area contributed by atoms with E-state index < -0.39 is 28.2 Å². The smallest absolute Gasteiger partial charge is 0.427 e. The molecule has 2 N–H and O–H groups in total. The van der Waals surface area contributed by atoms with Gasteiger partial charge in [0.15, 0.2) is 0 Å². The highest BCUT2D eigenvalue weighted by atomic mass is 32.2.